The number of nitrogens with one attached hydrogen (secondary N) is 2. The third-order valence-electron chi connectivity index (χ3n) is 5.59. The van der Waals surface area contributed by atoms with E-state index in [1.165, 1.54) is 4.90 Å². The highest BCUT2D eigenvalue weighted by Gasteiger charge is 2.37. The molecule has 0 aliphatic rings. The highest BCUT2D eigenvalue weighted by Crippen LogP contribution is 2.27. The van der Waals surface area contributed by atoms with E-state index in [1.54, 1.807) is 20.8 Å². The van der Waals surface area contributed by atoms with Gasteiger partial charge in [0.2, 0.25) is 11.8 Å². The maximum absolute atomic E-state index is 13.9. The first kappa shape index (κ1) is 31.0. The van der Waals surface area contributed by atoms with Crippen LogP contribution in [0.25, 0.3) is 0 Å². The summed E-state index contributed by atoms with van der Waals surface area (Å²) in [6.45, 7) is 15.2. The van der Waals surface area contributed by atoms with Crippen LogP contribution in [-0.4, -0.2) is 47.5 Å². The first-order valence-corrected chi connectivity index (χ1v) is 12.8. The second kappa shape index (κ2) is 14.5. The van der Waals surface area contributed by atoms with Crippen molar-refractivity contribution in [2.45, 2.75) is 98.8 Å². The smallest absolute Gasteiger partial charge is 0.408 e. The van der Waals surface area contributed by atoms with E-state index in [1.807, 2.05) is 52.0 Å². The van der Waals surface area contributed by atoms with Crippen molar-refractivity contribution in [2.75, 3.05) is 13.1 Å². The monoisotopic (exact) mass is 500 g/mol. The van der Waals surface area contributed by atoms with Crippen molar-refractivity contribution in [2.24, 2.45) is 5.92 Å². The van der Waals surface area contributed by atoms with E-state index >= 15 is 0 Å². The first-order chi connectivity index (χ1) is 16.8. The van der Waals surface area contributed by atoms with Gasteiger partial charge in [0.1, 0.15) is 24.2 Å². The summed E-state index contributed by atoms with van der Waals surface area (Å²) in [4.78, 5) is 41.2. The average molecular weight is 501 g/mol. The molecule has 200 valence electrons. The largest absolute Gasteiger partial charge is 0.444 e. The Kier molecular flexibility index (Phi) is 12.4. The lowest BCUT2D eigenvalue weighted by atomic mass is 9.95. The van der Waals surface area contributed by atoms with Crippen molar-refractivity contribution < 1.29 is 19.1 Å². The van der Waals surface area contributed by atoms with E-state index in [-0.39, 0.29) is 18.4 Å². The minimum atomic E-state index is -1.01. The summed E-state index contributed by atoms with van der Waals surface area (Å²) in [6.07, 6.45) is 2.43. The number of carbonyl (C=O) groups excluding carboxylic acids is 3. The normalized spacial score (nSPS) is 12.9. The molecule has 0 spiro atoms. The van der Waals surface area contributed by atoms with Gasteiger partial charge in [-0.15, -0.1) is 0 Å². The molecular formula is C28H44N4O4. The van der Waals surface area contributed by atoms with Crippen LogP contribution in [0.4, 0.5) is 4.79 Å². The molecule has 2 atom stereocenters. The van der Waals surface area contributed by atoms with Gasteiger partial charge in [-0.05, 0) is 64.5 Å². The van der Waals surface area contributed by atoms with Crippen molar-refractivity contribution in [1.29, 1.82) is 5.26 Å². The zero-order valence-corrected chi connectivity index (χ0v) is 23.2. The molecule has 0 aromatic heterocycles. The van der Waals surface area contributed by atoms with Gasteiger partial charge in [0.25, 0.3) is 0 Å². The van der Waals surface area contributed by atoms with Gasteiger partial charge in [-0.25, -0.2) is 4.79 Å². The fraction of sp³-hybridized carbons (Fsp3) is 0.643. The van der Waals surface area contributed by atoms with Crippen LogP contribution >= 0.6 is 0 Å². The summed E-state index contributed by atoms with van der Waals surface area (Å²) >= 11 is 0. The van der Waals surface area contributed by atoms with Gasteiger partial charge in [-0.2, -0.15) is 5.26 Å². The number of ether oxygens (including phenoxy) is 1. The van der Waals surface area contributed by atoms with Crippen LogP contribution in [0, 0.1) is 31.1 Å². The highest BCUT2D eigenvalue weighted by atomic mass is 16.6. The Morgan fingerprint density at radius 3 is 2.36 bits per heavy atom. The molecule has 1 aromatic carbocycles. The molecule has 2 N–H and O–H groups in total. The summed E-state index contributed by atoms with van der Waals surface area (Å²) in [5.41, 5.74) is 1.70. The third-order valence-corrected chi connectivity index (χ3v) is 5.59. The molecule has 36 heavy (non-hydrogen) atoms. The Hall–Kier alpha value is -3.08. The van der Waals surface area contributed by atoms with Crippen LogP contribution in [0.1, 0.15) is 90.0 Å². The minimum absolute atomic E-state index is 0.0693. The number of aryl methyl sites for hydroxylation is 2. The SMILES string of the molecule is CCCCCNC(=O)C(c1cc(C)ccc1C)N(CC#N)C(=O)C(CC(C)C)NC(=O)OC(C)(C)C. The molecule has 0 radical (unpaired) electrons. The van der Waals surface area contributed by atoms with E-state index in [9.17, 15) is 19.6 Å². The van der Waals surface area contributed by atoms with Crippen molar-refractivity contribution in [3.8, 4) is 6.07 Å². The Balaban J connectivity index is 3.45. The summed E-state index contributed by atoms with van der Waals surface area (Å²) in [5.74, 6) is -0.769. The zero-order chi connectivity index (χ0) is 27.5. The minimum Gasteiger partial charge on any atom is -0.444 e. The third kappa shape index (κ3) is 10.3. The molecule has 0 saturated heterocycles. The van der Waals surface area contributed by atoms with Crippen LogP contribution in [-0.2, 0) is 14.3 Å². The van der Waals surface area contributed by atoms with Crippen molar-refractivity contribution in [1.82, 2.24) is 15.5 Å². The number of carbonyl (C=O) groups is 3. The molecule has 1 aromatic rings. The number of nitrogens with zero attached hydrogens (tertiary/aromatic N) is 2. The molecule has 3 amide bonds. The molecule has 2 unspecified atom stereocenters. The molecule has 0 bridgehead atoms. The van der Waals surface area contributed by atoms with Crippen molar-refractivity contribution in [3.05, 3.63) is 34.9 Å². The van der Waals surface area contributed by atoms with Crippen LogP contribution in [0.15, 0.2) is 18.2 Å². The van der Waals surface area contributed by atoms with Gasteiger partial charge < -0.3 is 20.3 Å². The predicted molar refractivity (Wildman–Crippen MR) is 141 cm³/mol. The summed E-state index contributed by atoms with van der Waals surface area (Å²) in [6, 6.07) is 5.81. The molecule has 1 rings (SSSR count). The first-order valence-electron chi connectivity index (χ1n) is 12.8. The molecular weight excluding hydrogens is 456 g/mol. The van der Waals surface area contributed by atoms with Gasteiger partial charge >= 0.3 is 6.09 Å². The second-order valence-corrected chi connectivity index (χ2v) is 10.7. The maximum atomic E-state index is 13.9. The van der Waals surface area contributed by atoms with Crippen LogP contribution in [0.5, 0.6) is 0 Å². The summed E-state index contributed by atoms with van der Waals surface area (Å²) < 4.78 is 5.38. The van der Waals surface area contributed by atoms with Gasteiger partial charge in [-0.3, -0.25) is 9.59 Å². The van der Waals surface area contributed by atoms with E-state index in [4.69, 9.17) is 4.74 Å². The topological polar surface area (TPSA) is 112 Å². The lowest BCUT2D eigenvalue weighted by Crippen LogP contribution is -2.53. The van der Waals surface area contributed by atoms with E-state index < -0.39 is 29.7 Å². The molecule has 0 aliphatic carbocycles. The van der Waals surface area contributed by atoms with E-state index in [0.717, 1.165) is 30.4 Å². The Labute approximate surface area is 216 Å². The lowest BCUT2D eigenvalue weighted by molar-refractivity contribution is -0.142. The maximum Gasteiger partial charge on any atom is 0.408 e. The number of rotatable bonds is 12. The van der Waals surface area contributed by atoms with Gasteiger partial charge in [-0.1, -0.05) is 57.4 Å². The number of amides is 3. The molecule has 8 heteroatoms. The molecule has 0 aliphatic heterocycles. The van der Waals surface area contributed by atoms with E-state index in [2.05, 4.69) is 17.6 Å². The van der Waals surface area contributed by atoms with Gasteiger partial charge in [0, 0.05) is 6.54 Å². The van der Waals surface area contributed by atoms with Gasteiger partial charge in [0.15, 0.2) is 0 Å². The van der Waals surface area contributed by atoms with Crippen LogP contribution < -0.4 is 10.6 Å². The number of benzene rings is 1. The Morgan fingerprint density at radius 1 is 1.14 bits per heavy atom. The van der Waals surface area contributed by atoms with E-state index in [0.29, 0.717) is 18.5 Å². The number of alkyl carbamates (subject to hydrolysis) is 1. The zero-order valence-electron chi connectivity index (χ0n) is 23.2. The molecule has 8 nitrogen and oxygen atoms in total. The fourth-order valence-corrected chi connectivity index (χ4v) is 3.90. The lowest BCUT2D eigenvalue weighted by Gasteiger charge is -2.34. The van der Waals surface area contributed by atoms with Crippen LogP contribution in [0.2, 0.25) is 0 Å². The molecule has 0 saturated carbocycles. The van der Waals surface area contributed by atoms with Crippen molar-refractivity contribution in [3.63, 3.8) is 0 Å². The summed E-state index contributed by atoms with van der Waals surface area (Å²) in [5, 5.41) is 15.3. The molecule has 0 heterocycles. The standard InChI is InChI=1S/C28H44N4O4/c1-9-10-11-15-30-25(33)24(22-18-20(4)12-13-21(22)5)32(16-14-29)26(34)23(17-19(2)3)31-27(35)36-28(6,7)8/h12-13,18-19,23-24H,9-11,15-17H2,1-8H3,(H,30,33)(H,31,35). The Morgan fingerprint density at radius 2 is 1.81 bits per heavy atom. The second-order valence-electron chi connectivity index (χ2n) is 10.7. The number of hydrogen-bond donors (Lipinski definition) is 2. The highest BCUT2D eigenvalue weighted by molar-refractivity contribution is 5.92. The summed E-state index contributed by atoms with van der Waals surface area (Å²) in [7, 11) is 0. The van der Waals surface area contributed by atoms with Gasteiger partial charge in [0.05, 0.1) is 6.07 Å². The number of nitriles is 1. The van der Waals surface area contributed by atoms with Crippen molar-refractivity contribution >= 4 is 17.9 Å². The number of unbranched alkanes of at least 4 members (excludes halogenated alkanes) is 2. The predicted octanol–water partition coefficient (Wildman–Crippen LogP) is 4.94. The molecule has 0 fully saturated rings. The Bertz CT molecular complexity index is 930. The van der Waals surface area contributed by atoms with Crippen LogP contribution in [0.3, 0.4) is 0 Å². The quantitative estimate of drug-likeness (QED) is 0.312. The number of hydrogen-bond acceptors (Lipinski definition) is 5. The average Bonchev–Trinajstić information content (AvgIpc) is 2.76. The fourth-order valence-electron chi connectivity index (χ4n) is 3.90.